The highest BCUT2D eigenvalue weighted by atomic mass is 16.2. The Kier molecular flexibility index (Phi) is 3.58. The Labute approximate surface area is 129 Å². The Morgan fingerprint density at radius 2 is 1.73 bits per heavy atom. The van der Waals surface area contributed by atoms with Gasteiger partial charge in [-0.25, -0.2) is 0 Å². The number of hydrogen-bond acceptors (Lipinski definition) is 4. The first-order chi connectivity index (χ1) is 10.5. The number of benzene rings is 2. The molecule has 5 nitrogen and oxygen atoms in total. The van der Waals surface area contributed by atoms with E-state index < -0.39 is 0 Å². The molecule has 1 heterocycles. The van der Waals surface area contributed by atoms with Crippen LogP contribution in [-0.4, -0.2) is 55.8 Å². The predicted octanol–water partition coefficient (Wildman–Crippen LogP) is 2.04. The van der Waals surface area contributed by atoms with Crippen molar-refractivity contribution >= 4 is 28.3 Å². The molecule has 0 unspecified atom stereocenters. The molecule has 0 spiro atoms. The summed E-state index contributed by atoms with van der Waals surface area (Å²) in [5.74, 6) is -0.484. The quantitative estimate of drug-likeness (QED) is 0.878. The normalized spacial score (nSPS) is 14.1. The fourth-order valence-corrected chi connectivity index (χ4v) is 2.79. The summed E-state index contributed by atoms with van der Waals surface area (Å²) >= 11 is 0. The molecule has 1 N–H and O–H groups in total. The van der Waals surface area contributed by atoms with E-state index in [2.05, 4.69) is 10.2 Å². The molecule has 0 radical (unpaired) electrons. The minimum atomic E-state index is -0.242. The van der Waals surface area contributed by atoms with Crippen LogP contribution in [0.15, 0.2) is 30.3 Å². The molecule has 1 aliphatic rings. The second kappa shape index (κ2) is 5.42. The highest BCUT2D eigenvalue weighted by molar-refractivity contribution is 6.26. The van der Waals surface area contributed by atoms with Gasteiger partial charge in [-0.15, -0.1) is 0 Å². The molecule has 2 amide bonds. The predicted molar refractivity (Wildman–Crippen MR) is 87.4 cm³/mol. The zero-order chi connectivity index (χ0) is 15.9. The van der Waals surface area contributed by atoms with Gasteiger partial charge in [0.15, 0.2) is 0 Å². The van der Waals surface area contributed by atoms with Crippen molar-refractivity contribution in [1.29, 1.82) is 0 Å². The molecule has 0 saturated heterocycles. The first kappa shape index (κ1) is 14.5. The van der Waals surface area contributed by atoms with Crippen LogP contribution < -0.4 is 5.32 Å². The molecule has 3 rings (SSSR count). The number of carbonyl (C=O) groups is 2. The first-order valence-electron chi connectivity index (χ1n) is 7.27. The number of anilines is 1. The van der Waals surface area contributed by atoms with Crippen molar-refractivity contribution in [3.8, 4) is 0 Å². The first-order valence-corrected chi connectivity index (χ1v) is 7.27. The lowest BCUT2D eigenvalue weighted by molar-refractivity contribution is 0.0651. The summed E-state index contributed by atoms with van der Waals surface area (Å²) in [4.78, 5) is 27.9. The zero-order valence-electron chi connectivity index (χ0n) is 13.0. The second-order valence-electron chi connectivity index (χ2n) is 5.79. The molecule has 0 atom stereocenters. The summed E-state index contributed by atoms with van der Waals surface area (Å²) in [5.41, 5.74) is 2.13. The third kappa shape index (κ3) is 2.23. The van der Waals surface area contributed by atoms with E-state index in [1.807, 2.05) is 32.3 Å². The summed E-state index contributed by atoms with van der Waals surface area (Å²) in [5, 5.41) is 5.06. The van der Waals surface area contributed by atoms with Crippen LogP contribution in [-0.2, 0) is 0 Å². The Hall–Kier alpha value is -2.40. The molecule has 0 bridgehead atoms. The number of nitrogens with zero attached hydrogens (tertiary/aromatic N) is 2. The van der Waals surface area contributed by atoms with E-state index in [-0.39, 0.29) is 11.8 Å². The SMILES string of the molecule is CN(C)CCNc1ccc2c3c(cccc13)C(=O)N(C)C2=O. The van der Waals surface area contributed by atoms with Crippen LogP contribution in [0.25, 0.3) is 10.8 Å². The molecule has 1 aliphatic heterocycles. The van der Waals surface area contributed by atoms with Gasteiger partial charge in [0, 0.05) is 47.7 Å². The van der Waals surface area contributed by atoms with Gasteiger partial charge in [-0.3, -0.25) is 14.5 Å². The Morgan fingerprint density at radius 1 is 1.05 bits per heavy atom. The lowest BCUT2D eigenvalue weighted by Gasteiger charge is -2.24. The fraction of sp³-hybridized carbons (Fsp3) is 0.294. The summed E-state index contributed by atoms with van der Waals surface area (Å²) in [6.07, 6.45) is 0. The summed E-state index contributed by atoms with van der Waals surface area (Å²) in [7, 11) is 5.56. The lowest BCUT2D eigenvalue weighted by atomic mass is 9.93. The topological polar surface area (TPSA) is 52.7 Å². The molecule has 0 saturated carbocycles. The van der Waals surface area contributed by atoms with Crippen LogP contribution in [0.5, 0.6) is 0 Å². The van der Waals surface area contributed by atoms with Gasteiger partial charge in [0.1, 0.15) is 0 Å². The number of carbonyl (C=O) groups excluding carboxylic acids is 2. The van der Waals surface area contributed by atoms with Crippen LogP contribution >= 0.6 is 0 Å². The van der Waals surface area contributed by atoms with Crippen molar-refractivity contribution < 1.29 is 9.59 Å². The molecule has 22 heavy (non-hydrogen) atoms. The van der Waals surface area contributed by atoms with Crippen molar-refractivity contribution in [2.45, 2.75) is 0 Å². The van der Waals surface area contributed by atoms with Crippen molar-refractivity contribution in [1.82, 2.24) is 9.80 Å². The summed E-state index contributed by atoms with van der Waals surface area (Å²) < 4.78 is 0. The van der Waals surface area contributed by atoms with Gasteiger partial charge in [0.05, 0.1) is 0 Å². The van der Waals surface area contributed by atoms with Crippen LogP contribution in [0.4, 0.5) is 5.69 Å². The minimum Gasteiger partial charge on any atom is -0.383 e. The Morgan fingerprint density at radius 3 is 2.41 bits per heavy atom. The smallest absolute Gasteiger partial charge is 0.261 e. The number of nitrogens with one attached hydrogen (secondary N) is 1. The average Bonchev–Trinajstić information content (AvgIpc) is 2.51. The fourth-order valence-electron chi connectivity index (χ4n) is 2.79. The summed E-state index contributed by atoms with van der Waals surface area (Å²) in [6.45, 7) is 1.71. The largest absolute Gasteiger partial charge is 0.383 e. The molecule has 2 aromatic carbocycles. The van der Waals surface area contributed by atoms with Gasteiger partial charge < -0.3 is 10.2 Å². The van der Waals surface area contributed by atoms with E-state index in [0.717, 1.165) is 29.5 Å². The van der Waals surface area contributed by atoms with Gasteiger partial charge in [0.25, 0.3) is 11.8 Å². The molecule has 2 aromatic rings. The van der Waals surface area contributed by atoms with Crippen molar-refractivity contribution in [3.05, 3.63) is 41.5 Å². The molecule has 114 valence electrons. The van der Waals surface area contributed by atoms with Gasteiger partial charge >= 0.3 is 0 Å². The molecular weight excluding hydrogens is 278 g/mol. The number of rotatable bonds is 4. The van der Waals surface area contributed by atoms with Crippen LogP contribution in [0.2, 0.25) is 0 Å². The maximum atomic E-state index is 12.3. The van der Waals surface area contributed by atoms with Crippen molar-refractivity contribution in [2.75, 3.05) is 39.5 Å². The Balaban J connectivity index is 2.10. The monoisotopic (exact) mass is 297 g/mol. The van der Waals surface area contributed by atoms with Gasteiger partial charge in [-0.05, 0) is 32.3 Å². The van der Waals surface area contributed by atoms with E-state index in [9.17, 15) is 9.59 Å². The van der Waals surface area contributed by atoms with E-state index in [1.54, 1.807) is 12.1 Å². The third-order valence-corrected chi connectivity index (χ3v) is 3.99. The minimum absolute atomic E-state index is 0.242. The van der Waals surface area contributed by atoms with Gasteiger partial charge in [0.2, 0.25) is 0 Å². The third-order valence-electron chi connectivity index (χ3n) is 3.99. The van der Waals surface area contributed by atoms with Crippen LogP contribution in [0, 0.1) is 0 Å². The van der Waals surface area contributed by atoms with Crippen molar-refractivity contribution in [2.24, 2.45) is 0 Å². The average molecular weight is 297 g/mol. The molecule has 5 heteroatoms. The lowest BCUT2D eigenvalue weighted by Crippen LogP contribution is -2.36. The number of likely N-dealkylation sites (N-methyl/N-ethyl adjacent to an activating group) is 1. The Bertz CT molecular complexity index is 746. The molecule has 0 aliphatic carbocycles. The van der Waals surface area contributed by atoms with E-state index in [0.29, 0.717) is 11.1 Å². The van der Waals surface area contributed by atoms with E-state index >= 15 is 0 Å². The van der Waals surface area contributed by atoms with Gasteiger partial charge in [-0.1, -0.05) is 12.1 Å². The summed E-state index contributed by atoms with van der Waals surface area (Å²) in [6, 6.07) is 9.31. The highest BCUT2D eigenvalue weighted by Gasteiger charge is 2.30. The molecule has 0 fully saturated rings. The molecule has 0 aromatic heterocycles. The zero-order valence-corrected chi connectivity index (χ0v) is 13.0. The number of amides is 2. The molecular formula is C17H19N3O2. The van der Waals surface area contributed by atoms with Gasteiger partial charge in [-0.2, -0.15) is 0 Å². The number of hydrogen-bond donors (Lipinski definition) is 1. The standard InChI is InChI=1S/C17H19N3O2/c1-19(2)10-9-18-14-8-7-13-15-11(14)5-4-6-12(15)16(21)20(3)17(13)22/h4-8,18H,9-10H2,1-3H3. The van der Waals surface area contributed by atoms with Crippen molar-refractivity contribution in [3.63, 3.8) is 0 Å². The maximum absolute atomic E-state index is 12.3. The van der Waals surface area contributed by atoms with E-state index in [4.69, 9.17) is 0 Å². The van der Waals surface area contributed by atoms with E-state index in [1.165, 1.54) is 11.9 Å². The maximum Gasteiger partial charge on any atom is 0.261 e. The number of imide groups is 1. The van der Waals surface area contributed by atoms with Crippen LogP contribution in [0.3, 0.4) is 0 Å². The highest BCUT2D eigenvalue weighted by Crippen LogP contribution is 2.33. The second-order valence-corrected chi connectivity index (χ2v) is 5.79. The van der Waals surface area contributed by atoms with Crippen LogP contribution in [0.1, 0.15) is 20.7 Å².